The van der Waals surface area contributed by atoms with Gasteiger partial charge in [0.1, 0.15) is 4.32 Å². The molecule has 19 heavy (non-hydrogen) atoms. The second-order valence-electron chi connectivity index (χ2n) is 5.07. The molecule has 1 saturated carbocycles. The summed E-state index contributed by atoms with van der Waals surface area (Å²) < 4.78 is 0.616. The lowest BCUT2D eigenvalue weighted by molar-refractivity contribution is -0.127. The maximum absolute atomic E-state index is 12.0. The van der Waals surface area contributed by atoms with Crippen molar-refractivity contribution in [2.24, 2.45) is 0 Å². The Hall–Kier alpha value is -0.620. The molecule has 0 radical (unpaired) electrons. The van der Waals surface area contributed by atoms with Crippen molar-refractivity contribution in [2.75, 3.05) is 6.54 Å². The van der Waals surface area contributed by atoms with Crippen molar-refractivity contribution < 1.29 is 9.59 Å². The Morgan fingerprint density at radius 2 is 2.16 bits per heavy atom. The van der Waals surface area contributed by atoms with Crippen LogP contribution in [0.4, 0.5) is 0 Å². The van der Waals surface area contributed by atoms with Gasteiger partial charge in [0.25, 0.3) is 0 Å². The molecule has 6 heteroatoms. The average Bonchev–Trinajstić information content (AvgIpc) is 2.96. The number of hydrogen-bond acceptors (Lipinski definition) is 4. The molecule has 0 aromatic rings. The zero-order valence-corrected chi connectivity index (χ0v) is 12.8. The van der Waals surface area contributed by atoms with E-state index in [-0.39, 0.29) is 17.1 Å². The molecular formula is C13H20N2O2S2. The van der Waals surface area contributed by atoms with Crippen LogP contribution in [0.5, 0.6) is 0 Å². The van der Waals surface area contributed by atoms with Crippen molar-refractivity contribution in [3.05, 3.63) is 0 Å². The molecule has 2 aliphatic rings. The standard InChI is InChI=1S/C13H20N2O2S2/c1-2-10-12(17)15(13(18)19-10)8-7-11(16)14-9-5-3-4-6-9/h9-10H,2-8H2,1H3,(H,14,16). The summed E-state index contributed by atoms with van der Waals surface area (Å²) in [6.07, 6.45) is 5.71. The highest BCUT2D eigenvalue weighted by atomic mass is 32.2. The third kappa shape index (κ3) is 3.69. The normalized spacial score (nSPS) is 24.3. The van der Waals surface area contributed by atoms with Crippen LogP contribution in [-0.4, -0.2) is 38.9 Å². The molecule has 0 aromatic heterocycles. The zero-order chi connectivity index (χ0) is 13.8. The van der Waals surface area contributed by atoms with E-state index in [9.17, 15) is 9.59 Å². The van der Waals surface area contributed by atoms with E-state index in [4.69, 9.17) is 12.2 Å². The molecule has 1 saturated heterocycles. The first-order valence-electron chi connectivity index (χ1n) is 6.93. The summed E-state index contributed by atoms with van der Waals surface area (Å²) >= 11 is 6.64. The number of carbonyl (C=O) groups is 2. The summed E-state index contributed by atoms with van der Waals surface area (Å²) in [5.41, 5.74) is 0. The second-order valence-corrected chi connectivity index (χ2v) is 6.91. The molecule has 1 aliphatic heterocycles. The van der Waals surface area contributed by atoms with Crippen LogP contribution in [0.2, 0.25) is 0 Å². The third-order valence-electron chi connectivity index (χ3n) is 3.66. The van der Waals surface area contributed by atoms with E-state index in [0.29, 0.717) is 23.3 Å². The Morgan fingerprint density at radius 3 is 2.74 bits per heavy atom. The van der Waals surface area contributed by atoms with Crippen LogP contribution in [0.3, 0.4) is 0 Å². The summed E-state index contributed by atoms with van der Waals surface area (Å²) in [6, 6.07) is 0.339. The van der Waals surface area contributed by atoms with Crippen LogP contribution in [-0.2, 0) is 9.59 Å². The fraction of sp³-hybridized carbons (Fsp3) is 0.769. The Balaban J connectivity index is 1.76. The SMILES string of the molecule is CCC1SC(=S)N(CCC(=O)NC2CCCC2)C1=O. The van der Waals surface area contributed by atoms with Crippen molar-refractivity contribution in [1.29, 1.82) is 0 Å². The number of nitrogens with zero attached hydrogens (tertiary/aromatic N) is 1. The molecule has 1 aliphatic carbocycles. The van der Waals surface area contributed by atoms with Gasteiger partial charge in [0.05, 0.1) is 5.25 Å². The number of thioether (sulfide) groups is 1. The van der Waals surface area contributed by atoms with Crippen molar-refractivity contribution in [1.82, 2.24) is 10.2 Å². The number of nitrogens with one attached hydrogen (secondary N) is 1. The number of carbonyl (C=O) groups excluding carboxylic acids is 2. The second kappa shape index (κ2) is 6.70. The fourth-order valence-corrected chi connectivity index (χ4v) is 4.02. The van der Waals surface area contributed by atoms with Gasteiger partial charge < -0.3 is 5.32 Å². The summed E-state index contributed by atoms with van der Waals surface area (Å²) in [4.78, 5) is 25.4. The van der Waals surface area contributed by atoms with Crippen LogP contribution in [0.15, 0.2) is 0 Å². The Labute approximate surface area is 123 Å². The summed E-state index contributed by atoms with van der Waals surface area (Å²) in [7, 11) is 0. The topological polar surface area (TPSA) is 49.4 Å². The summed E-state index contributed by atoms with van der Waals surface area (Å²) in [5.74, 6) is 0.0959. The minimum Gasteiger partial charge on any atom is -0.353 e. The highest BCUT2D eigenvalue weighted by Gasteiger charge is 2.35. The van der Waals surface area contributed by atoms with Gasteiger partial charge in [-0.3, -0.25) is 14.5 Å². The molecule has 2 rings (SSSR count). The van der Waals surface area contributed by atoms with E-state index in [1.165, 1.54) is 24.6 Å². The third-order valence-corrected chi connectivity index (χ3v) is 5.41. The van der Waals surface area contributed by atoms with Crippen LogP contribution in [0.1, 0.15) is 45.4 Å². The molecular weight excluding hydrogens is 280 g/mol. The maximum atomic E-state index is 12.0. The van der Waals surface area contributed by atoms with E-state index in [0.717, 1.165) is 19.3 Å². The van der Waals surface area contributed by atoms with Gasteiger partial charge in [-0.1, -0.05) is 43.7 Å². The number of thiocarbonyl (C=S) groups is 1. The molecule has 1 N–H and O–H groups in total. The lowest BCUT2D eigenvalue weighted by Crippen LogP contribution is -2.37. The van der Waals surface area contributed by atoms with Crippen LogP contribution in [0, 0.1) is 0 Å². The Morgan fingerprint density at radius 1 is 1.47 bits per heavy atom. The van der Waals surface area contributed by atoms with Crippen molar-refractivity contribution in [3.8, 4) is 0 Å². The van der Waals surface area contributed by atoms with E-state index >= 15 is 0 Å². The van der Waals surface area contributed by atoms with Crippen LogP contribution in [0.25, 0.3) is 0 Å². The molecule has 0 bridgehead atoms. The number of rotatable bonds is 5. The molecule has 106 valence electrons. The van der Waals surface area contributed by atoms with E-state index in [1.807, 2.05) is 6.92 Å². The van der Waals surface area contributed by atoms with Gasteiger partial charge in [-0.05, 0) is 19.3 Å². The minimum atomic E-state index is -0.0506. The fourth-order valence-electron chi connectivity index (χ4n) is 2.54. The highest BCUT2D eigenvalue weighted by Crippen LogP contribution is 2.29. The Kier molecular flexibility index (Phi) is 5.21. The highest BCUT2D eigenvalue weighted by molar-refractivity contribution is 8.24. The average molecular weight is 300 g/mol. The van der Waals surface area contributed by atoms with Crippen molar-refractivity contribution >= 4 is 40.1 Å². The minimum absolute atomic E-state index is 0.0347. The predicted molar refractivity (Wildman–Crippen MR) is 81.0 cm³/mol. The zero-order valence-electron chi connectivity index (χ0n) is 11.2. The lowest BCUT2D eigenvalue weighted by Gasteiger charge is -2.16. The van der Waals surface area contributed by atoms with Gasteiger partial charge in [-0.2, -0.15) is 0 Å². The first-order valence-corrected chi connectivity index (χ1v) is 8.22. The van der Waals surface area contributed by atoms with E-state index in [1.54, 1.807) is 4.90 Å². The monoisotopic (exact) mass is 300 g/mol. The van der Waals surface area contributed by atoms with Gasteiger partial charge >= 0.3 is 0 Å². The largest absolute Gasteiger partial charge is 0.353 e. The first-order chi connectivity index (χ1) is 9.11. The first kappa shape index (κ1) is 14.8. The van der Waals surface area contributed by atoms with Gasteiger partial charge in [-0.25, -0.2) is 0 Å². The van der Waals surface area contributed by atoms with Gasteiger partial charge in [0, 0.05) is 19.0 Å². The predicted octanol–water partition coefficient (Wildman–Crippen LogP) is 2.07. The quantitative estimate of drug-likeness (QED) is 0.790. The lowest BCUT2D eigenvalue weighted by atomic mass is 10.2. The van der Waals surface area contributed by atoms with E-state index < -0.39 is 0 Å². The maximum Gasteiger partial charge on any atom is 0.241 e. The summed E-state index contributed by atoms with van der Waals surface area (Å²) in [5, 5.41) is 2.98. The molecule has 0 aromatic carbocycles. The molecule has 4 nitrogen and oxygen atoms in total. The molecule has 2 fully saturated rings. The van der Waals surface area contributed by atoms with Gasteiger partial charge in [-0.15, -0.1) is 0 Å². The number of hydrogen-bond donors (Lipinski definition) is 1. The van der Waals surface area contributed by atoms with E-state index in [2.05, 4.69) is 5.32 Å². The molecule has 0 spiro atoms. The van der Waals surface area contributed by atoms with Crippen molar-refractivity contribution in [3.63, 3.8) is 0 Å². The number of amides is 2. The molecule has 1 heterocycles. The Bertz CT molecular complexity index is 381. The molecule has 2 amide bonds. The molecule has 1 atom stereocenters. The van der Waals surface area contributed by atoms with Gasteiger partial charge in [0.15, 0.2) is 0 Å². The summed E-state index contributed by atoms with van der Waals surface area (Å²) in [6.45, 7) is 2.40. The van der Waals surface area contributed by atoms with Gasteiger partial charge in [0.2, 0.25) is 11.8 Å². The van der Waals surface area contributed by atoms with Crippen LogP contribution < -0.4 is 5.32 Å². The molecule has 1 unspecified atom stereocenters. The van der Waals surface area contributed by atoms with Crippen LogP contribution >= 0.6 is 24.0 Å². The van der Waals surface area contributed by atoms with Crippen molar-refractivity contribution in [2.45, 2.75) is 56.7 Å². The smallest absolute Gasteiger partial charge is 0.241 e.